The van der Waals surface area contributed by atoms with Crippen molar-refractivity contribution in [3.05, 3.63) is 68.2 Å². The number of morpholine rings is 1. The van der Waals surface area contributed by atoms with Gasteiger partial charge in [0.25, 0.3) is 0 Å². The van der Waals surface area contributed by atoms with E-state index in [1.807, 2.05) is 0 Å². The normalized spacial score (nSPS) is 15.6. The summed E-state index contributed by atoms with van der Waals surface area (Å²) in [6.07, 6.45) is 0.894. The van der Waals surface area contributed by atoms with Gasteiger partial charge < -0.3 is 4.74 Å². The Morgan fingerprint density at radius 2 is 1.60 bits per heavy atom. The van der Waals surface area contributed by atoms with Crippen LogP contribution in [0.5, 0.6) is 0 Å². The predicted octanol–water partition coefficient (Wildman–Crippen LogP) is 5.00. The van der Waals surface area contributed by atoms with Crippen molar-refractivity contribution < 1.29 is 4.74 Å². The Hall–Kier alpha value is -1.35. The van der Waals surface area contributed by atoms with E-state index in [4.69, 9.17) is 16.3 Å². The second kappa shape index (κ2) is 7.90. The fourth-order valence-electron chi connectivity index (χ4n) is 3.71. The van der Waals surface area contributed by atoms with Crippen molar-refractivity contribution in [1.82, 2.24) is 4.90 Å². The standard InChI is InChI=1S/C22H28ClNO/c1-15-9-19(12-20(10-15)14-24-5-7-25-8-6-24)13-21-18(4)16(2)11-17(3)22(21)23/h9-12H,5-8,13-14H2,1-4H3. The Kier molecular flexibility index (Phi) is 5.83. The molecule has 0 bridgehead atoms. The van der Waals surface area contributed by atoms with E-state index < -0.39 is 0 Å². The SMILES string of the molecule is Cc1cc(Cc2c(C)c(C)cc(C)c2Cl)cc(CN2CCOCC2)c1. The third kappa shape index (κ3) is 4.44. The molecule has 1 aliphatic rings. The molecule has 2 aromatic carbocycles. The summed E-state index contributed by atoms with van der Waals surface area (Å²) in [5.41, 5.74) is 9.11. The average molecular weight is 358 g/mol. The first-order valence-corrected chi connectivity index (χ1v) is 9.46. The molecule has 1 aliphatic heterocycles. The van der Waals surface area contributed by atoms with Crippen LogP contribution in [0.4, 0.5) is 0 Å². The van der Waals surface area contributed by atoms with Crippen LogP contribution in [0.15, 0.2) is 24.3 Å². The van der Waals surface area contributed by atoms with Crippen molar-refractivity contribution in [2.75, 3.05) is 26.3 Å². The highest BCUT2D eigenvalue weighted by atomic mass is 35.5. The molecule has 3 rings (SSSR count). The summed E-state index contributed by atoms with van der Waals surface area (Å²) in [6.45, 7) is 13.4. The molecule has 0 spiro atoms. The molecule has 0 N–H and O–H groups in total. The molecule has 3 heteroatoms. The summed E-state index contributed by atoms with van der Waals surface area (Å²) in [4.78, 5) is 2.47. The van der Waals surface area contributed by atoms with Gasteiger partial charge in [-0.2, -0.15) is 0 Å². The van der Waals surface area contributed by atoms with Gasteiger partial charge in [-0.05, 0) is 67.5 Å². The van der Waals surface area contributed by atoms with Crippen LogP contribution in [0.1, 0.15) is 38.9 Å². The van der Waals surface area contributed by atoms with Crippen LogP contribution in [0, 0.1) is 27.7 Å². The maximum absolute atomic E-state index is 6.63. The van der Waals surface area contributed by atoms with Crippen LogP contribution in [0.2, 0.25) is 5.02 Å². The fourth-order valence-corrected chi connectivity index (χ4v) is 3.97. The van der Waals surface area contributed by atoms with Crippen molar-refractivity contribution in [2.24, 2.45) is 0 Å². The summed E-state index contributed by atoms with van der Waals surface area (Å²) in [7, 11) is 0. The molecular formula is C22H28ClNO. The number of hydrogen-bond acceptors (Lipinski definition) is 2. The van der Waals surface area contributed by atoms with Crippen LogP contribution in [-0.4, -0.2) is 31.2 Å². The first-order chi connectivity index (χ1) is 11.9. The molecule has 0 aromatic heterocycles. The lowest BCUT2D eigenvalue weighted by Crippen LogP contribution is -2.35. The molecule has 2 aromatic rings. The van der Waals surface area contributed by atoms with Crippen molar-refractivity contribution in [3.63, 3.8) is 0 Å². The summed E-state index contributed by atoms with van der Waals surface area (Å²) in [5.74, 6) is 0. The minimum absolute atomic E-state index is 0.843. The number of hydrogen-bond donors (Lipinski definition) is 0. The Bertz CT molecular complexity index is 737. The van der Waals surface area contributed by atoms with Crippen molar-refractivity contribution in [2.45, 2.75) is 40.7 Å². The molecule has 1 fully saturated rings. The smallest absolute Gasteiger partial charge is 0.0594 e. The summed E-state index contributed by atoms with van der Waals surface area (Å²) in [6, 6.07) is 9.11. The van der Waals surface area contributed by atoms with E-state index in [9.17, 15) is 0 Å². The topological polar surface area (TPSA) is 12.5 Å². The fraction of sp³-hybridized carbons (Fsp3) is 0.455. The second-order valence-electron chi connectivity index (χ2n) is 7.32. The lowest BCUT2D eigenvalue weighted by atomic mass is 9.93. The second-order valence-corrected chi connectivity index (χ2v) is 7.70. The van der Waals surface area contributed by atoms with Gasteiger partial charge in [-0.15, -0.1) is 0 Å². The molecule has 0 unspecified atom stereocenters. The number of ether oxygens (including phenoxy) is 1. The van der Waals surface area contributed by atoms with E-state index in [1.165, 1.54) is 38.9 Å². The van der Waals surface area contributed by atoms with Crippen LogP contribution < -0.4 is 0 Å². The largest absolute Gasteiger partial charge is 0.379 e. The minimum Gasteiger partial charge on any atom is -0.379 e. The zero-order valence-corrected chi connectivity index (χ0v) is 16.5. The van der Waals surface area contributed by atoms with E-state index in [2.05, 4.69) is 56.9 Å². The van der Waals surface area contributed by atoms with Crippen molar-refractivity contribution in [1.29, 1.82) is 0 Å². The molecule has 0 saturated carbocycles. The predicted molar refractivity (Wildman–Crippen MR) is 106 cm³/mol. The van der Waals surface area contributed by atoms with Crippen LogP contribution in [-0.2, 0) is 17.7 Å². The van der Waals surface area contributed by atoms with Crippen LogP contribution in [0.3, 0.4) is 0 Å². The Balaban J connectivity index is 1.86. The van der Waals surface area contributed by atoms with E-state index in [-0.39, 0.29) is 0 Å². The van der Waals surface area contributed by atoms with Gasteiger partial charge in [-0.25, -0.2) is 0 Å². The van der Waals surface area contributed by atoms with E-state index in [0.29, 0.717) is 0 Å². The molecule has 2 nitrogen and oxygen atoms in total. The van der Waals surface area contributed by atoms with E-state index in [0.717, 1.165) is 44.3 Å². The quantitative estimate of drug-likeness (QED) is 0.763. The molecule has 134 valence electrons. The van der Waals surface area contributed by atoms with E-state index in [1.54, 1.807) is 0 Å². The van der Waals surface area contributed by atoms with Gasteiger partial charge in [0, 0.05) is 24.7 Å². The number of benzene rings is 2. The maximum Gasteiger partial charge on any atom is 0.0594 e. The lowest BCUT2D eigenvalue weighted by Gasteiger charge is -2.27. The first-order valence-electron chi connectivity index (χ1n) is 9.09. The van der Waals surface area contributed by atoms with Gasteiger partial charge in [-0.3, -0.25) is 4.90 Å². The van der Waals surface area contributed by atoms with Gasteiger partial charge in [0.05, 0.1) is 13.2 Å². The number of halogens is 1. The van der Waals surface area contributed by atoms with Gasteiger partial charge >= 0.3 is 0 Å². The molecular weight excluding hydrogens is 330 g/mol. The summed E-state index contributed by atoms with van der Waals surface area (Å²) >= 11 is 6.63. The van der Waals surface area contributed by atoms with Crippen molar-refractivity contribution >= 4 is 11.6 Å². The lowest BCUT2D eigenvalue weighted by molar-refractivity contribution is 0.0342. The van der Waals surface area contributed by atoms with Gasteiger partial charge in [-0.1, -0.05) is 41.4 Å². The minimum atomic E-state index is 0.843. The average Bonchev–Trinajstić information content (AvgIpc) is 2.57. The highest BCUT2D eigenvalue weighted by Gasteiger charge is 2.14. The maximum atomic E-state index is 6.63. The monoisotopic (exact) mass is 357 g/mol. The van der Waals surface area contributed by atoms with Crippen molar-refractivity contribution in [3.8, 4) is 0 Å². The van der Waals surface area contributed by atoms with E-state index >= 15 is 0 Å². The molecule has 25 heavy (non-hydrogen) atoms. The van der Waals surface area contributed by atoms with Crippen LogP contribution in [0.25, 0.3) is 0 Å². The molecule has 1 saturated heterocycles. The third-order valence-electron chi connectivity index (χ3n) is 5.18. The zero-order chi connectivity index (χ0) is 18.0. The van der Waals surface area contributed by atoms with Gasteiger partial charge in [0.1, 0.15) is 0 Å². The van der Waals surface area contributed by atoms with Gasteiger partial charge in [0.2, 0.25) is 0 Å². The summed E-state index contributed by atoms with van der Waals surface area (Å²) < 4.78 is 5.46. The highest BCUT2D eigenvalue weighted by Crippen LogP contribution is 2.29. The third-order valence-corrected chi connectivity index (χ3v) is 5.70. The Labute approximate surface area is 156 Å². The number of nitrogens with zero attached hydrogens (tertiary/aromatic N) is 1. The highest BCUT2D eigenvalue weighted by molar-refractivity contribution is 6.32. The molecule has 0 amide bonds. The molecule has 1 heterocycles. The molecule has 0 radical (unpaired) electrons. The molecule has 0 atom stereocenters. The Morgan fingerprint density at radius 3 is 2.32 bits per heavy atom. The number of aryl methyl sites for hydroxylation is 3. The Morgan fingerprint density at radius 1 is 0.920 bits per heavy atom. The molecule has 0 aliphatic carbocycles. The van der Waals surface area contributed by atoms with Crippen LogP contribution >= 0.6 is 11.6 Å². The zero-order valence-electron chi connectivity index (χ0n) is 15.8. The summed E-state index contributed by atoms with van der Waals surface area (Å²) in [5, 5.41) is 0.916. The number of rotatable bonds is 4. The first kappa shape index (κ1) is 18.4. The van der Waals surface area contributed by atoms with Gasteiger partial charge in [0.15, 0.2) is 0 Å².